The van der Waals surface area contributed by atoms with Gasteiger partial charge in [-0.2, -0.15) is 0 Å². The van der Waals surface area contributed by atoms with Crippen LogP contribution in [0.25, 0.3) is 0 Å². The Morgan fingerprint density at radius 3 is 2.80 bits per heavy atom. The highest BCUT2D eigenvalue weighted by Crippen LogP contribution is 2.27. The van der Waals surface area contributed by atoms with Gasteiger partial charge in [0.2, 0.25) is 0 Å². The Hall–Kier alpha value is -1.66. The number of aryl methyl sites for hydroxylation is 1. The van der Waals surface area contributed by atoms with Crippen molar-refractivity contribution in [1.29, 1.82) is 0 Å². The molecule has 1 aromatic carbocycles. The van der Waals surface area contributed by atoms with Gasteiger partial charge in [0.05, 0.1) is 25.2 Å². The Morgan fingerprint density at radius 1 is 1.40 bits per heavy atom. The van der Waals surface area contributed by atoms with Gasteiger partial charge in [-0.05, 0) is 31.0 Å². The van der Waals surface area contributed by atoms with E-state index in [0.29, 0.717) is 5.75 Å². The van der Waals surface area contributed by atoms with Gasteiger partial charge in [-0.3, -0.25) is 15.0 Å². The Bertz CT molecular complexity index is 458. The van der Waals surface area contributed by atoms with E-state index in [4.69, 9.17) is 9.47 Å². The van der Waals surface area contributed by atoms with Crippen molar-refractivity contribution in [3.05, 3.63) is 33.9 Å². The molecule has 0 unspecified atom stereocenters. The van der Waals surface area contributed by atoms with Crippen molar-refractivity contribution < 1.29 is 14.4 Å². The Balaban J connectivity index is 1.89. The number of nitro groups is 1. The summed E-state index contributed by atoms with van der Waals surface area (Å²) in [7, 11) is 1.44. The van der Waals surface area contributed by atoms with Crippen molar-refractivity contribution in [3.63, 3.8) is 0 Å². The molecule has 2 rings (SSSR count). The lowest BCUT2D eigenvalue weighted by Crippen LogP contribution is -2.36. The fourth-order valence-electron chi connectivity index (χ4n) is 2.37. The zero-order valence-electron chi connectivity index (χ0n) is 11.7. The summed E-state index contributed by atoms with van der Waals surface area (Å²) in [6, 6.07) is 5.17. The van der Waals surface area contributed by atoms with Crippen LogP contribution in [0.3, 0.4) is 0 Å². The molecule has 0 aliphatic carbocycles. The highest BCUT2D eigenvalue weighted by molar-refractivity contribution is 5.48. The molecule has 1 aromatic rings. The van der Waals surface area contributed by atoms with E-state index in [1.54, 1.807) is 12.1 Å². The third kappa shape index (κ3) is 3.91. The van der Waals surface area contributed by atoms with Gasteiger partial charge in [0.1, 0.15) is 0 Å². The molecule has 1 aliphatic rings. The largest absolute Gasteiger partial charge is 0.490 e. The molecule has 6 nitrogen and oxygen atoms in total. The number of benzene rings is 1. The van der Waals surface area contributed by atoms with Crippen LogP contribution in [0, 0.1) is 10.1 Å². The third-order valence-electron chi connectivity index (χ3n) is 3.48. The van der Waals surface area contributed by atoms with Crippen molar-refractivity contribution in [1.82, 2.24) is 4.90 Å². The third-order valence-corrected chi connectivity index (χ3v) is 3.48. The van der Waals surface area contributed by atoms with E-state index in [0.717, 1.165) is 51.3 Å². The number of hydrogen-bond donors (Lipinski definition) is 0. The number of hydrogen-bond acceptors (Lipinski definition) is 5. The molecule has 110 valence electrons. The second-order valence-electron chi connectivity index (χ2n) is 4.82. The fraction of sp³-hybridized carbons (Fsp3) is 0.571. The van der Waals surface area contributed by atoms with Gasteiger partial charge in [0, 0.05) is 19.2 Å². The van der Waals surface area contributed by atoms with E-state index in [1.165, 1.54) is 7.11 Å². The normalized spacial score (nSPS) is 16.1. The summed E-state index contributed by atoms with van der Waals surface area (Å²) >= 11 is 0. The molecule has 0 amide bonds. The zero-order chi connectivity index (χ0) is 14.4. The predicted octanol–water partition coefficient (Wildman–Crippen LogP) is 1.87. The Labute approximate surface area is 118 Å². The molecule has 1 heterocycles. The minimum Gasteiger partial charge on any atom is -0.490 e. The lowest BCUT2D eigenvalue weighted by molar-refractivity contribution is -0.385. The molecule has 0 aromatic heterocycles. The molecule has 0 saturated carbocycles. The summed E-state index contributed by atoms with van der Waals surface area (Å²) in [5.41, 5.74) is 1.02. The minimum absolute atomic E-state index is 0.0383. The predicted molar refractivity (Wildman–Crippen MR) is 75.2 cm³/mol. The monoisotopic (exact) mass is 280 g/mol. The standard InChI is InChI=1S/C14H20N2O4/c1-19-14-5-4-12(11-13(14)16(17)18)3-2-6-15-7-9-20-10-8-15/h4-5,11H,2-3,6-10H2,1H3. The second kappa shape index (κ2) is 7.21. The van der Waals surface area contributed by atoms with Crippen LogP contribution < -0.4 is 4.74 Å². The summed E-state index contributed by atoms with van der Waals surface area (Å²) in [6.45, 7) is 4.55. The van der Waals surface area contributed by atoms with Gasteiger partial charge in [0.15, 0.2) is 5.75 Å². The van der Waals surface area contributed by atoms with E-state index >= 15 is 0 Å². The van der Waals surface area contributed by atoms with Crippen LogP contribution in [0.5, 0.6) is 5.75 Å². The van der Waals surface area contributed by atoms with E-state index in [2.05, 4.69) is 4.90 Å². The van der Waals surface area contributed by atoms with Gasteiger partial charge in [-0.15, -0.1) is 0 Å². The SMILES string of the molecule is COc1ccc(CCCN2CCOCC2)cc1[N+](=O)[O-]. The van der Waals surface area contributed by atoms with Crippen molar-refractivity contribution >= 4 is 5.69 Å². The van der Waals surface area contributed by atoms with Gasteiger partial charge < -0.3 is 9.47 Å². The summed E-state index contributed by atoms with van der Waals surface area (Å²) in [6.07, 6.45) is 1.83. The molecular formula is C14H20N2O4. The van der Waals surface area contributed by atoms with Crippen LogP contribution >= 0.6 is 0 Å². The van der Waals surface area contributed by atoms with Gasteiger partial charge >= 0.3 is 5.69 Å². The summed E-state index contributed by atoms with van der Waals surface area (Å²) in [5.74, 6) is 0.312. The number of nitrogens with zero attached hydrogens (tertiary/aromatic N) is 2. The van der Waals surface area contributed by atoms with Gasteiger partial charge in [-0.1, -0.05) is 6.07 Å². The average molecular weight is 280 g/mol. The average Bonchev–Trinajstić information content (AvgIpc) is 2.48. The van der Waals surface area contributed by atoms with Crippen molar-refractivity contribution in [2.24, 2.45) is 0 Å². The van der Waals surface area contributed by atoms with Gasteiger partial charge in [-0.25, -0.2) is 0 Å². The van der Waals surface area contributed by atoms with Crippen molar-refractivity contribution in [2.75, 3.05) is 40.0 Å². The van der Waals surface area contributed by atoms with Crippen molar-refractivity contribution in [2.45, 2.75) is 12.8 Å². The van der Waals surface area contributed by atoms with E-state index < -0.39 is 4.92 Å². The highest BCUT2D eigenvalue weighted by atomic mass is 16.6. The van der Waals surface area contributed by atoms with Crippen LogP contribution in [0.4, 0.5) is 5.69 Å². The number of nitro benzene ring substituents is 1. The molecule has 0 spiro atoms. The van der Waals surface area contributed by atoms with Gasteiger partial charge in [0.25, 0.3) is 0 Å². The molecule has 0 N–H and O–H groups in total. The number of morpholine rings is 1. The highest BCUT2D eigenvalue weighted by Gasteiger charge is 2.15. The minimum atomic E-state index is -0.399. The maximum absolute atomic E-state index is 11.0. The molecule has 0 atom stereocenters. The number of ether oxygens (including phenoxy) is 2. The molecule has 1 fully saturated rings. The van der Waals surface area contributed by atoms with E-state index in [1.807, 2.05) is 6.07 Å². The lowest BCUT2D eigenvalue weighted by Gasteiger charge is -2.26. The lowest BCUT2D eigenvalue weighted by atomic mass is 10.1. The molecule has 0 radical (unpaired) electrons. The fourth-order valence-corrected chi connectivity index (χ4v) is 2.37. The zero-order valence-corrected chi connectivity index (χ0v) is 11.7. The maximum atomic E-state index is 11.0. The van der Waals surface area contributed by atoms with Crippen molar-refractivity contribution in [3.8, 4) is 5.75 Å². The van der Waals surface area contributed by atoms with Crippen LogP contribution in [0.1, 0.15) is 12.0 Å². The first kappa shape index (κ1) is 14.7. The first-order chi connectivity index (χ1) is 9.70. The molecule has 6 heteroatoms. The van der Waals surface area contributed by atoms with E-state index in [9.17, 15) is 10.1 Å². The Kier molecular flexibility index (Phi) is 5.31. The topological polar surface area (TPSA) is 64.8 Å². The van der Waals surface area contributed by atoms with Crippen LogP contribution in [-0.4, -0.2) is 49.8 Å². The molecule has 20 heavy (non-hydrogen) atoms. The molecule has 0 bridgehead atoms. The maximum Gasteiger partial charge on any atom is 0.311 e. The van der Waals surface area contributed by atoms with Crippen LogP contribution in [-0.2, 0) is 11.2 Å². The quantitative estimate of drug-likeness (QED) is 0.588. The smallest absolute Gasteiger partial charge is 0.311 e. The molecular weight excluding hydrogens is 260 g/mol. The second-order valence-corrected chi connectivity index (χ2v) is 4.82. The number of rotatable bonds is 6. The first-order valence-corrected chi connectivity index (χ1v) is 6.82. The summed E-state index contributed by atoms with van der Waals surface area (Å²) in [5, 5.41) is 11.0. The van der Waals surface area contributed by atoms with Crippen LogP contribution in [0.2, 0.25) is 0 Å². The Morgan fingerprint density at radius 2 is 2.15 bits per heavy atom. The molecule has 1 aliphatic heterocycles. The summed E-state index contributed by atoms with van der Waals surface area (Å²) < 4.78 is 10.3. The van der Waals surface area contributed by atoms with Crippen LogP contribution in [0.15, 0.2) is 18.2 Å². The number of methoxy groups -OCH3 is 1. The molecule has 1 saturated heterocycles. The van der Waals surface area contributed by atoms with E-state index in [-0.39, 0.29) is 5.69 Å². The summed E-state index contributed by atoms with van der Waals surface area (Å²) in [4.78, 5) is 12.9. The first-order valence-electron chi connectivity index (χ1n) is 6.82.